The zero-order chi connectivity index (χ0) is 11.5. The molecule has 4 nitrogen and oxygen atoms in total. The van der Waals surface area contributed by atoms with Crippen LogP contribution in [0.5, 0.6) is 0 Å². The molecule has 1 unspecified atom stereocenters. The van der Waals surface area contributed by atoms with E-state index in [1.807, 2.05) is 16.9 Å². The predicted molar refractivity (Wildman–Crippen MR) is 65.7 cm³/mol. The third-order valence-electron chi connectivity index (χ3n) is 2.79. The van der Waals surface area contributed by atoms with E-state index in [1.54, 1.807) is 0 Å². The molecule has 0 radical (unpaired) electrons. The van der Waals surface area contributed by atoms with Crippen LogP contribution in [0.2, 0.25) is 0 Å². The van der Waals surface area contributed by atoms with Crippen molar-refractivity contribution in [1.29, 1.82) is 0 Å². The summed E-state index contributed by atoms with van der Waals surface area (Å²) in [7, 11) is -0.765. The molecular formula is C11H19N3OS. The zero-order valence-corrected chi connectivity index (χ0v) is 10.7. The Morgan fingerprint density at radius 3 is 2.88 bits per heavy atom. The Morgan fingerprint density at radius 1 is 1.62 bits per heavy atom. The first-order valence-corrected chi connectivity index (χ1v) is 7.23. The number of nitrogens with zero attached hydrogens (tertiary/aromatic N) is 2. The van der Waals surface area contributed by atoms with Gasteiger partial charge in [-0.3, -0.25) is 8.89 Å². The van der Waals surface area contributed by atoms with Crippen LogP contribution in [0, 0.1) is 5.92 Å². The Hall–Kier alpha value is -0.680. The lowest BCUT2D eigenvalue weighted by molar-refractivity contribution is 0.382. The Kier molecular flexibility index (Phi) is 3.76. The van der Waals surface area contributed by atoms with Crippen LogP contribution in [-0.2, 0) is 16.6 Å². The third-order valence-corrected chi connectivity index (χ3v) is 4.25. The summed E-state index contributed by atoms with van der Waals surface area (Å²) in [5, 5.41) is 7.60. The topological polar surface area (TPSA) is 46.9 Å². The first-order valence-electron chi connectivity index (χ1n) is 5.75. The maximum absolute atomic E-state index is 11.8. The van der Waals surface area contributed by atoms with Crippen molar-refractivity contribution in [1.82, 2.24) is 15.1 Å². The van der Waals surface area contributed by atoms with Crippen molar-refractivity contribution in [3.8, 4) is 0 Å². The van der Waals surface area contributed by atoms with Crippen molar-refractivity contribution in [2.24, 2.45) is 5.92 Å². The molecule has 0 saturated carbocycles. The minimum Gasteiger partial charge on any atom is -0.316 e. The van der Waals surface area contributed by atoms with Crippen molar-refractivity contribution in [2.75, 3.05) is 18.8 Å². The van der Waals surface area contributed by atoms with Gasteiger partial charge in [-0.2, -0.15) is 5.10 Å². The molecule has 2 heterocycles. The molecule has 1 N–H and O–H groups in total. The van der Waals surface area contributed by atoms with Crippen LogP contribution < -0.4 is 5.32 Å². The van der Waals surface area contributed by atoms with Gasteiger partial charge in [-0.25, -0.2) is 0 Å². The van der Waals surface area contributed by atoms with E-state index in [0.29, 0.717) is 17.7 Å². The zero-order valence-electron chi connectivity index (χ0n) is 9.85. The summed E-state index contributed by atoms with van der Waals surface area (Å²) in [6, 6.07) is 2.34. The molecule has 1 fully saturated rings. The molecule has 0 aliphatic carbocycles. The summed E-state index contributed by atoms with van der Waals surface area (Å²) in [5.41, 5.74) is 0.944. The molecule has 0 bridgehead atoms. The standard InChI is InChI=1S/C11H19N3OS/c1-9(2)14-4-3-11(13-14)8-16(15)7-10-5-12-6-10/h3-4,9-10,12H,5-8H2,1-2H3. The molecule has 1 aliphatic rings. The van der Waals surface area contributed by atoms with Crippen LogP contribution in [0.1, 0.15) is 25.6 Å². The van der Waals surface area contributed by atoms with Crippen molar-refractivity contribution in [2.45, 2.75) is 25.6 Å². The highest BCUT2D eigenvalue weighted by Gasteiger charge is 2.19. The lowest BCUT2D eigenvalue weighted by Crippen LogP contribution is -2.44. The van der Waals surface area contributed by atoms with Gasteiger partial charge in [0, 0.05) is 41.9 Å². The molecule has 16 heavy (non-hydrogen) atoms. The number of aromatic nitrogens is 2. The summed E-state index contributed by atoms with van der Waals surface area (Å²) < 4.78 is 13.7. The molecule has 1 atom stereocenters. The summed E-state index contributed by atoms with van der Waals surface area (Å²) in [5.74, 6) is 2.01. The van der Waals surface area contributed by atoms with Crippen LogP contribution in [0.4, 0.5) is 0 Å². The molecule has 1 aromatic rings. The Morgan fingerprint density at radius 2 is 2.38 bits per heavy atom. The van der Waals surface area contributed by atoms with Crippen LogP contribution in [0.25, 0.3) is 0 Å². The van der Waals surface area contributed by atoms with Gasteiger partial charge in [-0.15, -0.1) is 0 Å². The molecule has 1 aromatic heterocycles. The Balaban J connectivity index is 1.85. The summed E-state index contributed by atoms with van der Waals surface area (Å²) >= 11 is 0. The van der Waals surface area contributed by atoms with E-state index in [-0.39, 0.29) is 0 Å². The van der Waals surface area contributed by atoms with Gasteiger partial charge in [-0.1, -0.05) is 0 Å². The molecule has 5 heteroatoms. The normalized spacial score (nSPS) is 18.7. The average Bonchev–Trinajstić information content (AvgIpc) is 2.60. The Bertz CT molecular complexity index is 371. The van der Waals surface area contributed by atoms with Gasteiger partial charge in [0.1, 0.15) is 0 Å². The van der Waals surface area contributed by atoms with E-state index in [4.69, 9.17) is 0 Å². The highest BCUT2D eigenvalue weighted by Crippen LogP contribution is 2.10. The van der Waals surface area contributed by atoms with Crippen LogP contribution in [0.15, 0.2) is 12.3 Å². The second kappa shape index (κ2) is 5.10. The van der Waals surface area contributed by atoms with Gasteiger partial charge in [-0.05, 0) is 25.8 Å². The largest absolute Gasteiger partial charge is 0.316 e. The number of rotatable bonds is 5. The van der Waals surface area contributed by atoms with Gasteiger partial charge in [0.25, 0.3) is 0 Å². The van der Waals surface area contributed by atoms with Gasteiger partial charge >= 0.3 is 0 Å². The summed E-state index contributed by atoms with van der Waals surface area (Å²) in [6.45, 7) is 6.22. The van der Waals surface area contributed by atoms with E-state index in [2.05, 4.69) is 24.3 Å². The van der Waals surface area contributed by atoms with E-state index < -0.39 is 10.8 Å². The maximum atomic E-state index is 11.8. The van der Waals surface area contributed by atoms with Crippen LogP contribution in [-0.4, -0.2) is 32.8 Å². The summed E-state index contributed by atoms with van der Waals surface area (Å²) in [4.78, 5) is 0. The Labute approximate surface area is 98.9 Å². The molecule has 2 rings (SSSR count). The lowest BCUT2D eigenvalue weighted by Gasteiger charge is -2.26. The second-order valence-electron chi connectivity index (χ2n) is 4.66. The molecule has 0 amide bonds. The molecular weight excluding hydrogens is 222 g/mol. The molecule has 1 saturated heterocycles. The van der Waals surface area contributed by atoms with E-state index in [9.17, 15) is 4.21 Å². The SMILES string of the molecule is CC(C)n1ccc(CS(=O)CC2CNC2)n1. The van der Waals surface area contributed by atoms with Crippen molar-refractivity contribution < 1.29 is 4.21 Å². The first-order chi connectivity index (χ1) is 7.65. The van der Waals surface area contributed by atoms with E-state index >= 15 is 0 Å². The van der Waals surface area contributed by atoms with Gasteiger partial charge < -0.3 is 5.32 Å². The monoisotopic (exact) mass is 241 g/mol. The van der Waals surface area contributed by atoms with Gasteiger partial charge in [0.15, 0.2) is 0 Å². The summed E-state index contributed by atoms with van der Waals surface area (Å²) in [6.07, 6.45) is 1.96. The smallest absolute Gasteiger partial charge is 0.0749 e. The van der Waals surface area contributed by atoms with Crippen molar-refractivity contribution in [3.05, 3.63) is 18.0 Å². The maximum Gasteiger partial charge on any atom is 0.0749 e. The fourth-order valence-corrected chi connectivity index (χ4v) is 3.06. The minimum absolute atomic E-state index is 0.373. The van der Waals surface area contributed by atoms with Crippen LogP contribution in [0.3, 0.4) is 0 Å². The van der Waals surface area contributed by atoms with Crippen molar-refractivity contribution >= 4 is 10.8 Å². The van der Waals surface area contributed by atoms with Crippen LogP contribution >= 0.6 is 0 Å². The predicted octanol–water partition coefficient (Wildman–Crippen LogP) is 0.932. The van der Waals surface area contributed by atoms with Gasteiger partial charge in [0.05, 0.1) is 11.4 Å². The second-order valence-corrected chi connectivity index (χ2v) is 6.16. The number of hydrogen-bond donors (Lipinski definition) is 1. The minimum atomic E-state index is -0.765. The molecule has 0 aromatic carbocycles. The van der Waals surface area contributed by atoms with E-state index in [0.717, 1.165) is 24.5 Å². The highest BCUT2D eigenvalue weighted by molar-refractivity contribution is 7.84. The molecule has 0 spiro atoms. The third kappa shape index (κ3) is 2.92. The number of nitrogens with one attached hydrogen (secondary N) is 1. The average molecular weight is 241 g/mol. The first kappa shape index (κ1) is 11.8. The van der Waals surface area contributed by atoms with Gasteiger partial charge in [0.2, 0.25) is 0 Å². The van der Waals surface area contributed by atoms with E-state index in [1.165, 1.54) is 0 Å². The molecule has 1 aliphatic heterocycles. The van der Waals surface area contributed by atoms with Crippen molar-refractivity contribution in [3.63, 3.8) is 0 Å². The quantitative estimate of drug-likeness (QED) is 0.834. The lowest BCUT2D eigenvalue weighted by atomic mass is 10.1. The fourth-order valence-electron chi connectivity index (χ4n) is 1.70. The molecule has 90 valence electrons. The number of hydrogen-bond acceptors (Lipinski definition) is 3. The fraction of sp³-hybridized carbons (Fsp3) is 0.727. The highest BCUT2D eigenvalue weighted by atomic mass is 32.2.